The molecule has 38 heavy (non-hydrogen) atoms. The topological polar surface area (TPSA) is 73.9 Å². The van der Waals surface area contributed by atoms with Gasteiger partial charge in [-0.15, -0.1) is 0 Å². The maximum absolute atomic E-state index is 11.9. The Balaban J connectivity index is 1.40. The highest BCUT2D eigenvalue weighted by Crippen LogP contribution is 2.38. The molecule has 1 unspecified atom stereocenters. The molecule has 0 radical (unpaired) electrons. The number of rotatable bonds is 11. The molecule has 1 atom stereocenters. The highest BCUT2D eigenvalue weighted by Gasteiger charge is 2.27. The van der Waals surface area contributed by atoms with Crippen LogP contribution in [0.4, 0.5) is 5.69 Å². The number of carbonyl (C=O) groups is 1. The summed E-state index contributed by atoms with van der Waals surface area (Å²) in [6.45, 7) is 9.63. The monoisotopic (exact) mass is 535 g/mol. The molecule has 0 saturated heterocycles. The second-order valence-electron chi connectivity index (χ2n) is 10.5. The average molecular weight is 536 g/mol. The van der Waals surface area contributed by atoms with Gasteiger partial charge in [0.2, 0.25) is 0 Å². The Labute approximate surface area is 226 Å². The van der Waals surface area contributed by atoms with Gasteiger partial charge >= 0.3 is 5.97 Å². The number of nitrogens with one attached hydrogen (secondary N) is 1. The van der Waals surface area contributed by atoms with Crippen molar-refractivity contribution in [3.8, 4) is 22.6 Å². The second-order valence-corrected chi connectivity index (χ2v) is 14.1. The fraction of sp³-hybridized carbons (Fsp3) is 0.387. The van der Waals surface area contributed by atoms with E-state index in [1.165, 1.54) is 34.9 Å². The van der Waals surface area contributed by atoms with Gasteiger partial charge in [-0.3, -0.25) is 4.79 Å². The van der Waals surface area contributed by atoms with Crippen LogP contribution in [0.15, 0.2) is 54.6 Å². The number of fused-ring (bicyclic) bond motifs is 1. The summed E-state index contributed by atoms with van der Waals surface area (Å²) in [6.07, 6.45) is 1.83. The lowest BCUT2D eigenvalue weighted by atomic mass is 9.94. The summed E-state index contributed by atoms with van der Waals surface area (Å²) in [5.74, 6) is 1.50. The van der Waals surface area contributed by atoms with Crippen LogP contribution in [-0.2, 0) is 20.6 Å². The Hall–Kier alpha value is -3.24. The average Bonchev–Trinajstić information content (AvgIpc) is 3.26. The molecule has 4 rings (SSSR count). The van der Waals surface area contributed by atoms with Gasteiger partial charge in [-0.25, -0.2) is 0 Å². The molecular formula is C31H38NO5P. The van der Waals surface area contributed by atoms with Crippen molar-refractivity contribution in [2.75, 3.05) is 45.1 Å². The minimum absolute atomic E-state index is 0.0396. The first-order valence-corrected chi connectivity index (χ1v) is 15.9. The van der Waals surface area contributed by atoms with E-state index >= 15 is 0 Å². The summed E-state index contributed by atoms with van der Waals surface area (Å²) < 4.78 is 28.5. The van der Waals surface area contributed by atoms with Crippen molar-refractivity contribution in [3.63, 3.8) is 0 Å². The molecule has 7 heteroatoms. The SMILES string of the molecule is COC(=O)CC1COc2cc(NCc3cccc(-c4c(C)cc(OCCCP(C)(C)=O)cc4C)c3)ccc21. The maximum atomic E-state index is 11.9. The van der Waals surface area contributed by atoms with Gasteiger partial charge < -0.3 is 24.1 Å². The van der Waals surface area contributed by atoms with Crippen LogP contribution in [0, 0.1) is 13.8 Å². The molecule has 0 aliphatic carbocycles. The van der Waals surface area contributed by atoms with Gasteiger partial charge in [-0.05, 0) is 85.7 Å². The molecule has 0 bridgehead atoms. The number of anilines is 1. The third-order valence-corrected chi connectivity index (χ3v) is 8.26. The minimum atomic E-state index is -2.00. The first kappa shape index (κ1) is 27.8. The zero-order chi connectivity index (χ0) is 27.3. The molecular weight excluding hydrogens is 497 g/mol. The van der Waals surface area contributed by atoms with Gasteiger partial charge in [0.05, 0.1) is 33.9 Å². The summed E-state index contributed by atoms with van der Waals surface area (Å²) >= 11 is 0. The van der Waals surface area contributed by atoms with Gasteiger partial charge in [-0.1, -0.05) is 24.3 Å². The van der Waals surface area contributed by atoms with Crippen molar-refractivity contribution >= 4 is 18.8 Å². The van der Waals surface area contributed by atoms with Crippen LogP contribution in [0.2, 0.25) is 0 Å². The third kappa shape index (κ3) is 7.20. The molecule has 0 aromatic heterocycles. The smallest absolute Gasteiger partial charge is 0.306 e. The van der Waals surface area contributed by atoms with Crippen molar-refractivity contribution in [3.05, 3.63) is 76.9 Å². The fourth-order valence-corrected chi connectivity index (χ4v) is 5.87. The Morgan fingerprint density at radius 3 is 2.55 bits per heavy atom. The first-order chi connectivity index (χ1) is 18.1. The summed E-state index contributed by atoms with van der Waals surface area (Å²) in [4.78, 5) is 11.7. The number of aryl methyl sites for hydroxylation is 2. The Bertz CT molecular complexity index is 1320. The van der Waals surface area contributed by atoms with E-state index in [4.69, 9.17) is 14.2 Å². The molecule has 1 aliphatic rings. The third-order valence-electron chi connectivity index (χ3n) is 6.86. The molecule has 0 saturated carbocycles. The largest absolute Gasteiger partial charge is 0.494 e. The van der Waals surface area contributed by atoms with Crippen molar-refractivity contribution in [2.24, 2.45) is 0 Å². The quantitative estimate of drug-likeness (QED) is 0.162. The second kappa shape index (κ2) is 12.1. The minimum Gasteiger partial charge on any atom is -0.494 e. The Morgan fingerprint density at radius 2 is 1.84 bits per heavy atom. The van der Waals surface area contributed by atoms with E-state index in [0.29, 0.717) is 32.3 Å². The van der Waals surface area contributed by atoms with E-state index in [0.717, 1.165) is 29.2 Å². The zero-order valence-corrected chi connectivity index (χ0v) is 23.9. The van der Waals surface area contributed by atoms with Crippen LogP contribution in [0.5, 0.6) is 11.5 Å². The summed E-state index contributed by atoms with van der Waals surface area (Å²) in [5.41, 5.74) is 7.93. The molecule has 0 amide bonds. The molecule has 0 fully saturated rings. The van der Waals surface area contributed by atoms with Gasteiger partial charge in [0.1, 0.15) is 11.5 Å². The predicted octanol–water partition coefficient (Wildman–Crippen LogP) is 7.01. The van der Waals surface area contributed by atoms with E-state index < -0.39 is 7.14 Å². The van der Waals surface area contributed by atoms with E-state index in [1.54, 1.807) is 0 Å². The van der Waals surface area contributed by atoms with E-state index in [2.05, 4.69) is 55.6 Å². The molecule has 1 aliphatic heterocycles. The maximum Gasteiger partial charge on any atom is 0.306 e. The Kier molecular flexibility index (Phi) is 8.83. The van der Waals surface area contributed by atoms with Crippen LogP contribution < -0.4 is 14.8 Å². The van der Waals surface area contributed by atoms with Crippen LogP contribution in [-0.4, -0.2) is 45.8 Å². The van der Waals surface area contributed by atoms with Crippen LogP contribution >= 0.6 is 7.14 Å². The summed E-state index contributed by atoms with van der Waals surface area (Å²) in [5, 5.41) is 3.50. The number of methoxy groups -OCH3 is 1. The van der Waals surface area contributed by atoms with Crippen molar-refractivity contribution in [1.82, 2.24) is 0 Å². The normalized spacial score (nSPS) is 14.5. The van der Waals surface area contributed by atoms with Gasteiger partial charge in [0, 0.05) is 35.9 Å². The van der Waals surface area contributed by atoms with Crippen molar-refractivity contribution in [2.45, 2.75) is 39.2 Å². The molecule has 1 heterocycles. The van der Waals surface area contributed by atoms with Crippen LogP contribution in [0.1, 0.15) is 41.0 Å². The lowest BCUT2D eigenvalue weighted by Gasteiger charge is -2.15. The number of hydrogen-bond donors (Lipinski definition) is 1. The zero-order valence-electron chi connectivity index (χ0n) is 23.0. The lowest BCUT2D eigenvalue weighted by molar-refractivity contribution is -0.141. The molecule has 0 spiro atoms. The van der Waals surface area contributed by atoms with E-state index in [1.807, 2.05) is 31.5 Å². The molecule has 6 nitrogen and oxygen atoms in total. The summed E-state index contributed by atoms with van der Waals surface area (Å²) in [7, 11) is -0.591. The number of hydrogen-bond acceptors (Lipinski definition) is 6. The predicted molar refractivity (Wildman–Crippen MR) is 154 cm³/mol. The van der Waals surface area contributed by atoms with Crippen LogP contribution in [0.25, 0.3) is 11.1 Å². The van der Waals surface area contributed by atoms with Gasteiger partial charge in [0.25, 0.3) is 0 Å². The molecule has 3 aromatic carbocycles. The number of esters is 1. The lowest BCUT2D eigenvalue weighted by Crippen LogP contribution is -2.09. The van der Waals surface area contributed by atoms with E-state index in [9.17, 15) is 9.36 Å². The number of benzene rings is 3. The number of carbonyl (C=O) groups excluding carboxylic acids is 1. The standard InChI is InChI=1S/C31H38NO5P/c1-21-14-27(36-12-7-13-38(4,5)34)15-22(2)31(21)24-9-6-8-23(16-24)19-32-26-10-11-28-25(17-30(33)35-3)20-37-29(28)18-26/h6,8-11,14-16,18,25,32H,7,12-13,17,19-20H2,1-5H3. The van der Waals surface area contributed by atoms with E-state index in [-0.39, 0.29) is 11.9 Å². The highest BCUT2D eigenvalue weighted by molar-refractivity contribution is 7.62. The Morgan fingerprint density at radius 1 is 1.08 bits per heavy atom. The van der Waals surface area contributed by atoms with Crippen molar-refractivity contribution < 1.29 is 23.6 Å². The molecule has 3 aromatic rings. The number of ether oxygens (including phenoxy) is 3. The molecule has 202 valence electrons. The van der Waals surface area contributed by atoms with Gasteiger partial charge in [0.15, 0.2) is 0 Å². The summed E-state index contributed by atoms with van der Waals surface area (Å²) in [6, 6.07) is 18.8. The molecule has 1 N–H and O–H groups in total. The highest BCUT2D eigenvalue weighted by atomic mass is 31.2. The fourth-order valence-electron chi connectivity index (χ4n) is 4.98. The van der Waals surface area contributed by atoms with Gasteiger partial charge in [-0.2, -0.15) is 0 Å². The van der Waals surface area contributed by atoms with Crippen molar-refractivity contribution in [1.29, 1.82) is 0 Å². The van der Waals surface area contributed by atoms with Crippen LogP contribution in [0.3, 0.4) is 0 Å². The first-order valence-electron chi connectivity index (χ1n) is 13.1.